The summed E-state index contributed by atoms with van der Waals surface area (Å²) in [6.45, 7) is 4.72. The summed E-state index contributed by atoms with van der Waals surface area (Å²) in [5.41, 5.74) is 4.83. The molecule has 0 radical (unpaired) electrons. The van der Waals surface area contributed by atoms with E-state index in [4.69, 9.17) is 21.7 Å². The summed E-state index contributed by atoms with van der Waals surface area (Å²) >= 11 is 10.0. The van der Waals surface area contributed by atoms with Crippen molar-refractivity contribution in [3.05, 3.63) is 62.5 Å². The zero-order valence-corrected chi connectivity index (χ0v) is 22.6. The molecule has 0 spiro atoms. The van der Waals surface area contributed by atoms with E-state index in [0.29, 0.717) is 28.6 Å². The van der Waals surface area contributed by atoms with Gasteiger partial charge in [0.05, 0.1) is 23.1 Å². The summed E-state index contributed by atoms with van der Waals surface area (Å²) in [6.07, 6.45) is 6.17. The number of aryl methyl sites for hydroxylation is 1. The first-order valence-electron chi connectivity index (χ1n) is 11.0. The Labute approximate surface area is 218 Å². The maximum atomic E-state index is 12.9. The average molecular weight is 564 g/mol. The molecule has 3 rings (SSSR count). The van der Waals surface area contributed by atoms with Crippen LogP contribution in [-0.2, 0) is 4.79 Å². The van der Waals surface area contributed by atoms with Crippen LogP contribution in [0.3, 0.4) is 0 Å². The van der Waals surface area contributed by atoms with E-state index in [0.717, 1.165) is 45.2 Å². The predicted octanol–water partition coefficient (Wildman–Crippen LogP) is 6.27. The minimum atomic E-state index is -0.401. The standard InChI is InChI=1S/C25H27BrN2O4S2/c1-4-5-6-7-12-32-22-19(26)13-17(14-20(22)31-3)15-21-24(30)28(25(33)34-21)27-23(29)18-10-8-16(2)9-11-18/h8-11,13-15H,4-7,12H2,1-3H3,(H,27,29)/b21-15-. The zero-order chi connectivity index (χ0) is 24.7. The van der Waals surface area contributed by atoms with E-state index in [9.17, 15) is 9.59 Å². The maximum absolute atomic E-state index is 12.9. The molecule has 6 nitrogen and oxygen atoms in total. The van der Waals surface area contributed by atoms with Gasteiger partial charge in [-0.05, 0) is 77.4 Å². The molecule has 2 aromatic carbocycles. The van der Waals surface area contributed by atoms with Gasteiger partial charge in [-0.25, -0.2) is 0 Å². The molecule has 0 atom stereocenters. The topological polar surface area (TPSA) is 67.9 Å². The molecule has 0 unspecified atom stereocenters. The Kier molecular flexibility index (Phi) is 9.55. The number of nitrogens with one attached hydrogen (secondary N) is 1. The van der Waals surface area contributed by atoms with Crippen LogP contribution in [0.1, 0.15) is 54.1 Å². The fourth-order valence-electron chi connectivity index (χ4n) is 3.25. The quantitative estimate of drug-likeness (QED) is 0.209. The van der Waals surface area contributed by atoms with Crippen molar-refractivity contribution in [2.45, 2.75) is 39.5 Å². The van der Waals surface area contributed by atoms with Gasteiger partial charge in [0, 0.05) is 5.56 Å². The summed E-state index contributed by atoms with van der Waals surface area (Å²) in [5, 5.41) is 1.11. The Balaban J connectivity index is 1.73. The van der Waals surface area contributed by atoms with Crippen LogP contribution in [0, 0.1) is 6.92 Å². The van der Waals surface area contributed by atoms with Crippen LogP contribution in [0.5, 0.6) is 11.5 Å². The average Bonchev–Trinajstić information content (AvgIpc) is 3.07. The van der Waals surface area contributed by atoms with Crippen LogP contribution in [-0.4, -0.2) is 34.9 Å². The molecule has 0 bridgehead atoms. The maximum Gasteiger partial charge on any atom is 0.285 e. The van der Waals surface area contributed by atoms with Gasteiger partial charge in [0.1, 0.15) is 0 Å². The molecule has 1 heterocycles. The van der Waals surface area contributed by atoms with Gasteiger partial charge in [0.15, 0.2) is 15.8 Å². The minimum Gasteiger partial charge on any atom is -0.493 e. The van der Waals surface area contributed by atoms with Crippen LogP contribution in [0.15, 0.2) is 45.8 Å². The molecule has 1 aliphatic rings. The number of carbonyl (C=O) groups is 2. The smallest absolute Gasteiger partial charge is 0.285 e. The molecule has 0 aromatic heterocycles. The number of hydrogen-bond acceptors (Lipinski definition) is 6. The molecule has 1 fully saturated rings. The number of ether oxygens (including phenoxy) is 2. The largest absolute Gasteiger partial charge is 0.493 e. The van der Waals surface area contributed by atoms with Crippen LogP contribution in [0.25, 0.3) is 6.08 Å². The van der Waals surface area contributed by atoms with Gasteiger partial charge in [-0.15, -0.1) is 0 Å². The SMILES string of the molecule is CCCCCCOc1c(Br)cc(/C=C2\SC(=S)N(NC(=O)c3ccc(C)cc3)C2=O)cc1OC. The number of halogens is 1. The zero-order valence-electron chi connectivity index (χ0n) is 19.4. The highest BCUT2D eigenvalue weighted by atomic mass is 79.9. The number of carbonyl (C=O) groups excluding carboxylic acids is 2. The summed E-state index contributed by atoms with van der Waals surface area (Å²) in [4.78, 5) is 25.9. The van der Waals surface area contributed by atoms with Crippen molar-refractivity contribution in [1.29, 1.82) is 0 Å². The Morgan fingerprint density at radius 3 is 2.62 bits per heavy atom. The lowest BCUT2D eigenvalue weighted by Gasteiger charge is -2.15. The van der Waals surface area contributed by atoms with Gasteiger partial charge in [0.25, 0.3) is 11.8 Å². The number of amides is 2. The number of benzene rings is 2. The third kappa shape index (κ3) is 6.61. The Bertz CT molecular complexity index is 1100. The van der Waals surface area contributed by atoms with Crippen molar-refractivity contribution in [3.8, 4) is 11.5 Å². The number of nitrogens with zero attached hydrogens (tertiary/aromatic N) is 1. The van der Waals surface area contributed by atoms with Crippen LogP contribution < -0.4 is 14.9 Å². The fraction of sp³-hybridized carbons (Fsp3) is 0.320. The van der Waals surface area contributed by atoms with Crippen molar-refractivity contribution >= 4 is 62.1 Å². The second-order valence-corrected chi connectivity index (χ2v) is 10.3. The summed E-state index contributed by atoms with van der Waals surface area (Å²) in [7, 11) is 1.58. The molecular formula is C25H27BrN2O4S2. The Morgan fingerprint density at radius 2 is 1.94 bits per heavy atom. The minimum absolute atomic E-state index is 0.259. The van der Waals surface area contributed by atoms with E-state index in [-0.39, 0.29) is 10.2 Å². The first kappa shape index (κ1) is 26.2. The lowest BCUT2D eigenvalue weighted by molar-refractivity contribution is -0.123. The van der Waals surface area contributed by atoms with Crippen molar-refractivity contribution in [2.24, 2.45) is 0 Å². The predicted molar refractivity (Wildman–Crippen MR) is 144 cm³/mol. The Hall–Kier alpha value is -2.36. The van der Waals surface area contributed by atoms with Crippen LogP contribution in [0.2, 0.25) is 0 Å². The highest BCUT2D eigenvalue weighted by Gasteiger charge is 2.34. The molecule has 2 amide bonds. The fourth-order valence-corrected chi connectivity index (χ4v) is 5.01. The summed E-state index contributed by atoms with van der Waals surface area (Å²) in [6, 6.07) is 10.8. The molecular weight excluding hydrogens is 536 g/mol. The number of unbranched alkanes of at least 4 members (excludes halogenated alkanes) is 3. The van der Waals surface area contributed by atoms with E-state index in [1.807, 2.05) is 31.2 Å². The first-order valence-corrected chi connectivity index (χ1v) is 13.0. The van der Waals surface area contributed by atoms with Crippen LogP contribution in [0.4, 0.5) is 0 Å². The van der Waals surface area contributed by atoms with E-state index in [2.05, 4.69) is 28.3 Å². The van der Waals surface area contributed by atoms with Gasteiger partial charge in [-0.1, -0.05) is 55.6 Å². The molecule has 0 aliphatic carbocycles. The van der Waals surface area contributed by atoms with Gasteiger partial charge in [-0.2, -0.15) is 5.01 Å². The molecule has 9 heteroatoms. The van der Waals surface area contributed by atoms with Gasteiger partial charge < -0.3 is 9.47 Å². The number of methoxy groups -OCH3 is 1. The van der Waals surface area contributed by atoms with Crippen molar-refractivity contribution in [2.75, 3.05) is 13.7 Å². The number of thioether (sulfide) groups is 1. The Morgan fingerprint density at radius 1 is 1.21 bits per heavy atom. The number of hydrogen-bond donors (Lipinski definition) is 1. The van der Waals surface area contributed by atoms with Crippen molar-refractivity contribution < 1.29 is 19.1 Å². The van der Waals surface area contributed by atoms with E-state index in [1.54, 1.807) is 25.3 Å². The second kappa shape index (κ2) is 12.4. The third-order valence-corrected chi connectivity index (χ3v) is 7.01. The van der Waals surface area contributed by atoms with E-state index < -0.39 is 5.91 Å². The number of thiocarbonyl (C=S) groups is 1. The van der Waals surface area contributed by atoms with Crippen molar-refractivity contribution in [3.63, 3.8) is 0 Å². The molecule has 1 N–H and O–H groups in total. The molecule has 1 aliphatic heterocycles. The summed E-state index contributed by atoms with van der Waals surface area (Å²) < 4.78 is 12.4. The molecule has 34 heavy (non-hydrogen) atoms. The first-order chi connectivity index (χ1) is 16.3. The van der Waals surface area contributed by atoms with Crippen LogP contribution >= 0.6 is 39.9 Å². The van der Waals surface area contributed by atoms with E-state index in [1.165, 1.54) is 12.8 Å². The number of rotatable bonds is 10. The van der Waals surface area contributed by atoms with Gasteiger partial charge >= 0.3 is 0 Å². The second-order valence-electron chi connectivity index (χ2n) is 7.77. The molecule has 0 saturated carbocycles. The summed E-state index contributed by atoms with van der Waals surface area (Å²) in [5.74, 6) is 0.414. The molecule has 1 saturated heterocycles. The molecule has 2 aromatic rings. The molecule has 180 valence electrons. The van der Waals surface area contributed by atoms with Gasteiger partial charge in [-0.3, -0.25) is 15.0 Å². The lowest BCUT2D eigenvalue weighted by Crippen LogP contribution is -2.44. The number of hydrazine groups is 1. The highest BCUT2D eigenvalue weighted by Crippen LogP contribution is 2.39. The normalized spacial score (nSPS) is 14.6. The van der Waals surface area contributed by atoms with Gasteiger partial charge in [0.2, 0.25) is 0 Å². The van der Waals surface area contributed by atoms with E-state index >= 15 is 0 Å². The van der Waals surface area contributed by atoms with Crippen molar-refractivity contribution in [1.82, 2.24) is 10.4 Å². The third-order valence-electron chi connectivity index (χ3n) is 5.11. The monoisotopic (exact) mass is 562 g/mol. The highest BCUT2D eigenvalue weighted by molar-refractivity contribution is 9.10. The lowest BCUT2D eigenvalue weighted by atomic mass is 10.1.